The van der Waals surface area contributed by atoms with Crippen molar-refractivity contribution in [2.24, 2.45) is 0 Å². The second kappa shape index (κ2) is 8.83. The normalized spacial score (nSPS) is 13.5. The number of rotatable bonds is 5. The second-order valence-corrected chi connectivity index (χ2v) is 8.22. The van der Waals surface area contributed by atoms with Crippen molar-refractivity contribution in [1.82, 2.24) is 5.32 Å². The van der Waals surface area contributed by atoms with E-state index in [-0.39, 0.29) is 11.9 Å². The molecule has 156 valence electrons. The average molecular weight is 431 g/mol. The van der Waals surface area contributed by atoms with Crippen molar-refractivity contribution in [3.05, 3.63) is 89.5 Å². The zero-order valence-corrected chi connectivity index (χ0v) is 17.2. The van der Waals surface area contributed by atoms with Crippen molar-refractivity contribution in [3.8, 4) is 11.1 Å². The Balaban J connectivity index is 1.82. The van der Waals surface area contributed by atoms with Gasteiger partial charge in [0.1, 0.15) is 0 Å². The van der Waals surface area contributed by atoms with E-state index in [2.05, 4.69) is 5.32 Å². The molecular weight excluding hydrogens is 411 g/mol. The quantitative estimate of drug-likeness (QED) is 0.572. The van der Waals surface area contributed by atoms with Crippen molar-refractivity contribution in [2.45, 2.75) is 24.0 Å². The average Bonchev–Trinajstić information content (AvgIpc) is 2.73. The van der Waals surface area contributed by atoms with Gasteiger partial charge in [-0.25, -0.2) is 0 Å². The zero-order chi connectivity index (χ0) is 21.9. The van der Waals surface area contributed by atoms with E-state index in [0.29, 0.717) is 21.6 Å². The minimum absolute atomic E-state index is 0.308. The molecule has 3 nitrogen and oxygen atoms in total. The molecule has 0 heterocycles. The number of amides is 1. The van der Waals surface area contributed by atoms with Crippen LogP contribution in [0.4, 0.5) is 13.2 Å². The van der Waals surface area contributed by atoms with E-state index in [1.165, 1.54) is 12.1 Å². The molecule has 2 atom stereocenters. The van der Waals surface area contributed by atoms with Crippen molar-refractivity contribution < 1.29 is 22.2 Å². The van der Waals surface area contributed by atoms with E-state index < -0.39 is 22.5 Å². The van der Waals surface area contributed by atoms with E-state index in [1.54, 1.807) is 42.7 Å². The minimum Gasteiger partial charge on any atom is -0.345 e. The van der Waals surface area contributed by atoms with Crippen molar-refractivity contribution >= 4 is 16.7 Å². The van der Waals surface area contributed by atoms with Crippen LogP contribution < -0.4 is 5.32 Å². The molecule has 0 aliphatic heterocycles. The fourth-order valence-corrected chi connectivity index (χ4v) is 3.60. The van der Waals surface area contributed by atoms with Gasteiger partial charge in [-0.05, 0) is 53.9 Å². The lowest BCUT2D eigenvalue weighted by atomic mass is 9.97. The summed E-state index contributed by atoms with van der Waals surface area (Å²) < 4.78 is 50.0. The number of hydrogen-bond acceptors (Lipinski definition) is 2. The number of halogens is 3. The maximum atomic E-state index is 12.9. The molecule has 0 aliphatic rings. The van der Waals surface area contributed by atoms with Crippen molar-refractivity contribution in [2.75, 3.05) is 6.26 Å². The van der Waals surface area contributed by atoms with Gasteiger partial charge in [0.15, 0.2) is 0 Å². The molecule has 0 saturated carbocycles. The minimum atomic E-state index is -4.41. The van der Waals surface area contributed by atoms with Crippen LogP contribution in [0.2, 0.25) is 0 Å². The summed E-state index contributed by atoms with van der Waals surface area (Å²) in [7, 11) is -1.08. The van der Waals surface area contributed by atoms with Gasteiger partial charge >= 0.3 is 6.18 Å². The first-order chi connectivity index (χ1) is 14.2. The third-order valence-electron chi connectivity index (χ3n) is 4.75. The van der Waals surface area contributed by atoms with Gasteiger partial charge in [0.05, 0.1) is 11.6 Å². The van der Waals surface area contributed by atoms with Gasteiger partial charge in [-0.3, -0.25) is 9.00 Å². The molecule has 0 aromatic heterocycles. The van der Waals surface area contributed by atoms with E-state index in [9.17, 15) is 22.2 Å². The number of benzene rings is 3. The van der Waals surface area contributed by atoms with Gasteiger partial charge in [-0.2, -0.15) is 13.2 Å². The Morgan fingerprint density at radius 1 is 0.933 bits per heavy atom. The lowest BCUT2D eigenvalue weighted by Crippen LogP contribution is -2.27. The Bertz CT molecular complexity index is 1060. The number of alkyl halides is 3. The van der Waals surface area contributed by atoms with Gasteiger partial charge in [-0.15, -0.1) is 0 Å². The van der Waals surface area contributed by atoms with Crippen LogP contribution in [-0.4, -0.2) is 16.4 Å². The third-order valence-corrected chi connectivity index (χ3v) is 5.69. The summed E-state index contributed by atoms with van der Waals surface area (Å²) in [6.07, 6.45) is -2.82. The Labute approximate surface area is 175 Å². The summed E-state index contributed by atoms with van der Waals surface area (Å²) in [5.74, 6) is -0.332. The highest BCUT2D eigenvalue weighted by Crippen LogP contribution is 2.32. The third kappa shape index (κ3) is 4.97. The monoisotopic (exact) mass is 431 g/mol. The van der Waals surface area contributed by atoms with Crippen LogP contribution in [-0.2, 0) is 17.0 Å². The van der Waals surface area contributed by atoms with Crippen LogP contribution in [0.5, 0.6) is 0 Å². The van der Waals surface area contributed by atoms with E-state index in [1.807, 2.05) is 19.1 Å². The number of nitrogens with one attached hydrogen (secondary N) is 1. The highest BCUT2D eigenvalue weighted by atomic mass is 32.2. The van der Waals surface area contributed by atoms with Crippen LogP contribution in [0.15, 0.2) is 77.7 Å². The van der Waals surface area contributed by atoms with Crippen LogP contribution in [0.3, 0.4) is 0 Å². The van der Waals surface area contributed by atoms with Gasteiger partial charge in [0.25, 0.3) is 5.91 Å². The number of carbonyl (C=O) groups is 1. The summed E-state index contributed by atoms with van der Waals surface area (Å²) in [6, 6.07) is 18.3. The van der Waals surface area contributed by atoms with Gasteiger partial charge in [0, 0.05) is 27.5 Å². The Kier molecular flexibility index (Phi) is 6.41. The summed E-state index contributed by atoms with van der Waals surface area (Å²) in [5, 5.41) is 2.91. The summed E-state index contributed by atoms with van der Waals surface area (Å²) in [6.45, 7) is 1.83. The molecule has 1 N–H and O–H groups in total. The molecule has 3 rings (SSSR count). The fourth-order valence-electron chi connectivity index (χ4n) is 3.08. The molecule has 30 heavy (non-hydrogen) atoms. The first-order valence-electron chi connectivity index (χ1n) is 9.17. The van der Waals surface area contributed by atoms with Crippen LogP contribution in [0, 0.1) is 0 Å². The number of carbonyl (C=O) groups excluding carboxylic acids is 1. The Morgan fingerprint density at radius 2 is 1.53 bits per heavy atom. The topological polar surface area (TPSA) is 46.2 Å². The molecule has 0 radical (unpaired) electrons. The molecular formula is C23H20F3NO2S. The van der Waals surface area contributed by atoms with Gasteiger partial charge < -0.3 is 5.32 Å². The molecule has 0 spiro atoms. The SMILES string of the molecule is CC(NC(=O)c1ccccc1-c1ccc(C(F)(F)F)cc1)c1ccc(S(C)=O)cc1. The molecule has 0 bridgehead atoms. The molecule has 0 fully saturated rings. The Morgan fingerprint density at radius 3 is 2.10 bits per heavy atom. The Hall–Kier alpha value is -2.93. The lowest BCUT2D eigenvalue weighted by Gasteiger charge is -2.17. The molecule has 7 heteroatoms. The number of hydrogen-bond donors (Lipinski definition) is 1. The molecule has 3 aromatic carbocycles. The van der Waals surface area contributed by atoms with Gasteiger partial charge in [-0.1, -0.05) is 42.5 Å². The second-order valence-electron chi connectivity index (χ2n) is 6.84. The molecule has 0 saturated heterocycles. The summed E-state index contributed by atoms with van der Waals surface area (Å²) in [4.78, 5) is 13.6. The highest BCUT2D eigenvalue weighted by molar-refractivity contribution is 7.84. The van der Waals surface area contributed by atoms with E-state index in [4.69, 9.17) is 0 Å². The first kappa shape index (κ1) is 21.8. The lowest BCUT2D eigenvalue weighted by molar-refractivity contribution is -0.137. The smallest absolute Gasteiger partial charge is 0.345 e. The molecule has 2 unspecified atom stereocenters. The largest absolute Gasteiger partial charge is 0.416 e. The molecule has 0 aliphatic carbocycles. The van der Waals surface area contributed by atoms with Gasteiger partial charge in [0.2, 0.25) is 0 Å². The van der Waals surface area contributed by atoms with Crippen LogP contribution in [0.25, 0.3) is 11.1 Å². The van der Waals surface area contributed by atoms with Crippen molar-refractivity contribution in [1.29, 1.82) is 0 Å². The standard InChI is InChI=1S/C23H20F3NO2S/c1-15(16-9-13-19(14-10-16)30(2)29)27-22(28)21-6-4-3-5-20(21)17-7-11-18(12-8-17)23(24,25)26/h3-15H,1-2H3,(H,27,28). The summed E-state index contributed by atoms with van der Waals surface area (Å²) in [5.41, 5.74) is 1.56. The van der Waals surface area contributed by atoms with Crippen LogP contribution in [0.1, 0.15) is 34.5 Å². The van der Waals surface area contributed by atoms with E-state index >= 15 is 0 Å². The maximum Gasteiger partial charge on any atom is 0.416 e. The maximum absolute atomic E-state index is 12.9. The van der Waals surface area contributed by atoms with Crippen molar-refractivity contribution in [3.63, 3.8) is 0 Å². The van der Waals surface area contributed by atoms with Crippen LogP contribution >= 0.6 is 0 Å². The molecule has 1 amide bonds. The predicted octanol–water partition coefficient (Wildman–Crippen LogP) is 5.60. The molecule has 3 aromatic rings. The zero-order valence-electron chi connectivity index (χ0n) is 16.4. The predicted molar refractivity (Wildman–Crippen MR) is 112 cm³/mol. The van der Waals surface area contributed by atoms with E-state index in [0.717, 1.165) is 17.7 Å². The summed E-state index contributed by atoms with van der Waals surface area (Å²) >= 11 is 0. The highest BCUT2D eigenvalue weighted by Gasteiger charge is 2.30. The fraction of sp³-hybridized carbons (Fsp3) is 0.174. The first-order valence-corrected chi connectivity index (χ1v) is 10.7.